The van der Waals surface area contributed by atoms with Crippen molar-refractivity contribution >= 4 is 21.6 Å². The third kappa shape index (κ3) is 3.71. The van der Waals surface area contributed by atoms with E-state index in [-0.39, 0.29) is 0 Å². The van der Waals surface area contributed by atoms with E-state index < -0.39 is 0 Å². The van der Waals surface area contributed by atoms with Gasteiger partial charge in [-0.2, -0.15) is 0 Å². The molecule has 17 heavy (non-hydrogen) atoms. The van der Waals surface area contributed by atoms with Gasteiger partial charge >= 0.3 is 0 Å². The zero-order valence-corrected chi connectivity index (χ0v) is 11.7. The molecule has 0 saturated heterocycles. The predicted molar refractivity (Wildman–Crippen MR) is 77.2 cm³/mol. The number of halogens is 1. The minimum absolute atomic E-state index is 0.427. The van der Waals surface area contributed by atoms with Crippen LogP contribution in [-0.2, 0) is 0 Å². The Balaban J connectivity index is 1.96. The summed E-state index contributed by atoms with van der Waals surface area (Å²) in [6, 6.07) is 8.77. The number of rotatable bonds is 4. The lowest BCUT2D eigenvalue weighted by atomic mass is 9.84. The van der Waals surface area contributed by atoms with Crippen molar-refractivity contribution < 1.29 is 0 Å². The number of hydrogen-bond acceptors (Lipinski definition) is 2. The second-order valence-corrected chi connectivity index (χ2v) is 5.81. The van der Waals surface area contributed by atoms with Crippen LogP contribution in [0.5, 0.6) is 0 Å². The average Bonchev–Trinajstić information content (AvgIpc) is 2.39. The summed E-state index contributed by atoms with van der Waals surface area (Å²) >= 11 is 3.45. The van der Waals surface area contributed by atoms with Crippen molar-refractivity contribution in [1.29, 1.82) is 0 Å². The number of anilines is 1. The highest BCUT2D eigenvalue weighted by Gasteiger charge is 2.22. The molecule has 1 aromatic carbocycles. The van der Waals surface area contributed by atoms with E-state index in [1.54, 1.807) is 0 Å². The van der Waals surface area contributed by atoms with Gasteiger partial charge < -0.3 is 11.1 Å². The summed E-state index contributed by atoms with van der Waals surface area (Å²) in [5.41, 5.74) is 7.08. The molecule has 1 atom stereocenters. The second-order valence-electron chi connectivity index (χ2n) is 4.89. The molecule has 1 saturated carbocycles. The molecule has 0 bridgehead atoms. The van der Waals surface area contributed by atoms with Crippen molar-refractivity contribution in [3.8, 4) is 0 Å². The quantitative estimate of drug-likeness (QED) is 0.888. The topological polar surface area (TPSA) is 38.0 Å². The molecular weight excluding hydrogens is 276 g/mol. The standard InChI is InChI=1S/C14H21BrN2/c15-12-6-8-13(9-7-12)17-14(10-16)11-4-2-1-3-5-11/h6-9,11,14,17H,1-5,10,16H2. The molecule has 1 aromatic rings. The van der Waals surface area contributed by atoms with Crippen LogP contribution < -0.4 is 11.1 Å². The van der Waals surface area contributed by atoms with Gasteiger partial charge in [0.2, 0.25) is 0 Å². The first-order valence-electron chi connectivity index (χ1n) is 6.52. The van der Waals surface area contributed by atoms with E-state index in [1.165, 1.54) is 37.8 Å². The molecule has 2 rings (SSSR count). The molecule has 0 aliphatic heterocycles. The molecule has 0 amide bonds. The van der Waals surface area contributed by atoms with Gasteiger partial charge in [0.05, 0.1) is 0 Å². The van der Waals surface area contributed by atoms with Crippen molar-refractivity contribution in [1.82, 2.24) is 0 Å². The number of benzene rings is 1. The summed E-state index contributed by atoms with van der Waals surface area (Å²) in [7, 11) is 0. The molecule has 1 aliphatic rings. The average molecular weight is 297 g/mol. The van der Waals surface area contributed by atoms with Crippen LogP contribution in [0.2, 0.25) is 0 Å². The Morgan fingerprint density at radius 2 is 1.82 bits per heavy atom. The van der Waals surface area contributed by atoms with Gasteiger partial charge in [0, 0.05) is 22.7 Å². The van der Waals surface area contributed by atoms with Crippen molar-refractivity contribution in [2.75, 3.05) is 11.9 Å². The molecule has 0 spiro atoms. The largest absolute Gasteiger partial charge is 0.381 e. The zero-order chi connectivity index (χ0) is 12.1. The molecule has 0 radical (unpaired) electrons. The molecule has 1 aliphatic carbocycles. The van der Waals surface area contributed by atoms with Crippen LogP contribution in [0.1, 0.15) is 32.1 Å². The highest BCUT2D eigenvalue weighted by molar-refractivity contribution is 9.10. The summed E-state index contributed by atoms with van der Waals surface area (Å²) in [5, 5.41) is 3.58. The van der Waals surface area contributed by atoms with Crippen molar-refractivity contribution in [3.05, 3.63) is 28.7 Å². The molecular formula is C14H21BrN2. The highest BCUT2D eigenvalue weighted by Crippen LogP contribution is 2.28. The van der Waals surface area contributed by atoms with Gasteiger partial charge in [-0.3, -0.25) is 0 Å². The summed E-state index contributed by atoms with van der Waals surface area (Å²) in [6.07, 6.45) is 6.77. The van der Waals surface area contributed by atoms with Gasteiger partial charge in [-0.15, -0.1) is 0 Å². The fourth-order valence-electron chi connectivity index (χ4n) is 2.67. The second kappa shape index (κ2) is 6.41. The monoisotopic (exact) mass is 296 g/mol. The van der Waals surface area contributed by atoms with Gasteiger partial charge in [-0.05, 0) is 43.0 Å². The predicted octanol–water partition coefficient (Wildman–Crippen LogP) is 3.77. The normalized spacial score (nSPS) is 18.9. The minimum atomic E-state index is 0.427. The van der Waals surface area contributed by atoms with Crippen LogP contribution in [-0.4, -0.2) is 12.6 Å². The van der Waals surface area contributed by atoms with Crippen molar-refractivity contribution in [2.24, 2.45) is 11.7 Å². The van der Waals surface area contributed by atoms with E-state index in [0.717, 1.165) is 16.9 Å². The zero-order valence-electron chi connectivity index (χ0n) is 10.2. The SMILES string of the molecule is NCC(Nc1ccc(Br)cc1)C1CCCCC1. The van der Waals surface area contributed by atoms with E-state index in [9.17, 15) is 0 Å². The molecule has 1 fully saturated rings. The van der Waals surface area contributed by atoms with Gasteiger partial charge in [0.1, 0.15) is 0 Å². The summed E-state index contributed by atoms with van der Waals surface area (Å²) < 4.78 is 1.12. The molecule has 3 heteroatoms. The minimum Gasteiger partial charge on any atom is -0.381 e. The van der Waals surface area contributed by atoms with E-state index in [1.807, 2.05) is 0 Å². The Hall–Kier alpha value is -0.540. The Morgan fingerprint density at radius 3 is 2.41 bits per heavy atom. The van der Waals surface area contributed by atoms with Gasteiger partial charge in [-0.25, -0.2) is 0 Å². The third-order valence-corrected chi connectivity index (χ3v) is 4.20. The van der Waals surface area contributed by atoms with E-state index >= 15 is 0 Å². The number of nitrogens with one attached hydrogen (secondary N) is 1. The first-order valence-corrected chi connectivity index (χ1v) is 7.31. The maximum atomic E-state index is 5.91. The van der Waals surface area contributed by atoms with Crippen molar-refractivity contribution in [3.63, 3.8) is 0 Å². The van der Waals surface area contributed by atoms with Crippen LogP contribution in [0, 0.1) is 5.92 Å². The maximum absolute atomic E-state index is 5.91. The lowest BCUT2D eigenvalue weighted by Gasteiger charge is -2.30. The fraction of sp³-hybridized carbons (Fsp3) is 0.571. The van der Waals surface area contributed by atoms with Crippen LogP contribution >= 0.6 is 15.9 Å². The third-order valence-electron chi connectivity index (χ3n) is 3.67. The number of nitrogens with two attached hydrogens (primary N) is 1. The fourth-order valence-corrected chi connectivity index (χ4v) is 2.93. The van der Waals surface area contributed by atoms with Gasteiger partial charge in [0.25, 0.3) is 0 Å². The Labute approximate surface area is 112 Å². The highest BCUT2D eigenvalue weighted by atomic mass is 79.9. The summed E-state index contributed by atoms with van der Waals surface area (Å²) in [4.78, 5) is 0. The van der Waals surface area contributed by atoms with Crippen LogP contribution in [0.15, 0.2) is 28.7 Å². The van der Waals surface area contributed by atoms with Crippen LogP contribution in [0.3, 0.4) is 0 Å². The lowest BCUT2D eigenvalue weighted by molar-refractivity contribution is 0.320. The molecule has 1 unspecified atom stereocenters. The van der Waals surface area contributed by atoms with Crippen LogP contribution in [0.4, 0.5) is 5.69 Å². The van der Waals surface area contributed by atoms with Gasteiger partial charge in [-0.1, -0.05) is 35.2 Å². The summed E-state index contributed by atoms with van der Waals surface area (Å²) in [5.74, 6) is 0.748. The first kappa shape index (κ1) is 12.9. The molecule has 2 nitrogen and oxygen atoms in total. The van der Waals surface area contributed by atoms with Crippen LogP contribution in [0.25, 0.3) is 0 Å². The van der Waals surface area contributed by atoms with Crippen molar-refractivity contribution in [2.45, 2.75) is 38.1 Å². The first-order chi connectivity index (χ1) is 8.29. The number of hydrogen-bond donors (Lipinski definition) is 2. The van der Waals surface area contributed by atoms with E-state index in [0.29, 0.717) is 6.04 Å². The maximum Gasteiger partial charge on any atom is 0.0411 e. The lowest BCUT2D eigenvalue weighted by Crippen LogP contribution is -2.37. The molecule has 94 valence electrons. The smallest absolute Gasteiger partial charge is 0.0411 e. The molecule has 0 heterocycles. The van der Waals surface area contributed by atoms with E-state index in [2.05, 4.69) is 45.5 Å². The molecule has 0 aromatic heterocycles. The summed E-state index contributed by atoms with van der Waals surface area (Å²) in [6.45, 7) is 0.723. The Bertz CT molecular complexity index is 331. The Morgan fingerprint density at radius 1 is 1.18 bits per heavy atom. The molecule has 3 N–H and O–H groups in total. The van der Waals surface area contributed by atoms with E-state index in [4.69, 9.17) is 5.73 Å². The van der Waals surface area contributed by atoms with Gasteiger partial charge in [0.15, 0.2) is 0 Å². The Kier molecular flexibility index (Phi) is 4.86.